The Bertz CT molecular complexity index is 382. The maximum Gasteiger partial charge on any atom is 0.0739 e. The summed E-state index contributed by atoms with van der Waals surface area (Å²) in [6, 6.07) is 9.91. The van der Waals surface area contributed by atoms with Crippen molar-refractivity contribution in [3.63, 3.8) is 0 Å². The fraction of sp³-hybridized carbons (Fsp3) is 0.273. The van der Waals surface area contributed by atoms with E-state index in [2.05, 4.69) is 26.0 Å². The van der Waals surface area contributed by atoms with Crippen LogP contribution in [0, 0.1) is 0 Å². The minimum absolute atomic E-state index is 0.509. The van der Waals surface area contributed by atoms with Crippen LogP contribution in [0.5, 0.6) is 0 Å². The molecule has 1 aromatic carbocycles. The van der Waals surface area contributed by atoms with Gasteiger partial charge < -0.3 is 0 Å². The average Bonchev–Trinajstić information content (AvgIpc) is 2.28. The number of hydrogen-bond donors (Lipinski definition) is 0. The van der Waals surface area contributed by atoms with Crippen molar-refractivity contribution in [2.24, 2.45) is 5.11 Å². The van der Waals surface area contributed by atoms with E-state index in [0.717, 1.165) is 5.56 Å². The van der Waals surface area contributed by atoms with Gasteiger partial charge in [-0.3, -0.25) is 0 Å². The molecule has 0 saturated heterocycles. The van der Waals surface area contributed by atoms with E-state index in [-0.39, 0.29) is 0 Å². The van der Waals surface area contributed by atoms with E-state index in [4.69, 9.17) is 5.53 Å². The first kappa shape index (κ1) is 11.8. The summed E-state index contributed by atoms with van der Waals surface area (Å²) < 4.78 is 0. The molecule has 0 spiro atoms. The molecule has 0 bridgehead atoms. The minimum atomic E-state index is -0.509. The Morgan fingerprint density at radius 1 is 1.47 bits per heavy atom. The van der Waals surface area contributed by atoms with E-state index < -0.39 is 5.54 Å². The van der Waals surface area contributed by atoms with Crippen LogP contribution in [-0.2, 0) is 0 Å². The van der Waals surface area contributed by atoms with Crippen molar-refractivity contribution >= 4 is 22.0 Å². The summed E-state index contributed by atoms with van der Waals surface area (Å²) in [6.45, 7) is 1.88. The lowest BCUT2D eigenvalue weighted by Gasteiger charge is -2.14. The van der Waals surface area contributed by atoms with Crippen LogP contribution in [0.15, 0.2) is 41.5 Å². The van der Waals surface area contributed by atoms with Crippen molar-refractivity contribution in [2.75, 3.05) is 5.33 Å². The number of benzene rings is 1. The molecule has 0 radical (unpaired) electrons. The Labute approximate surface area is 97.6 Å². The smallest absolute Gasteiger partial charge is 0.0739 e. The number of hydrogen-bond acceptors (Lipinski definition) is 1. The molecule has 1 atom stereocenters. The van der Waals surface area contributed by atoms with Gasteiger partial charge in [0.25, 0.3) is 0 Å². The highest BCUT2D eigenvalue weighted by molar-refractivity contribution is 9.09. The zero-order chi connectivity index (χ0) is 11.1. The molecule has 1 unspecified atom stereocenters. The molecule has 0 aliphatic heterocycles. The Kier molecular flexibility index (Phi) is 4.40. The largest absolute Gasteiger partial charge is 0.0917 e. The molecule has 78 valence electrons. The molecule has 15 heavy (non-hydrogen) atoms. The molecule has 0 heterocycles. The topological polar surface area (TPSA) is 48.8 Å². The maximum atomic E-state index is 8.43. The Morgan fingerprint density at radius 3 is 2.67 bits per heavy atom. The molecular formula is C11H12BrN3. The summed E-state index contributed by atoms with van der Waals surface area (Å²) in [5.41, 5.74) is 9.02. The molecule has 0 aromatic heterocycles. The lowest BCUT2D eigenvalue weighted by atomic mass is 10.0. The molecule has 0 N–H and O–H groups in total. The molecule has 3 nitrogen and oxygen atoms in total. The molecule has 1 rings (SSSR count). The third-order valence-corrected chi connectivity index (χ3v) is 3.11. The molecule has 0 fully saturated rings. The number of halogens is 1. The van der Waals surface area contributed by atoms with Crippen LogP contribution in [0.1, 0.15) is 12.5 Å². The Morgan fingerprint density at radius 2 is 2.13 bits per heavy atom. The van der Waals surface area contributed by atoms with Gasteiger partial charge in [-0.25, -0.2) is 0 Å². The summed E-state index contributed by atoms with van der Waals surface area (Å²) in [5, 5.41) is 4.34. The number of alkyl halides is 1. The molecule has 0 aliphatic carbocycles. The van der Waals surface area contributed by atoms with Gasteiger partial charge in [0.1, 0.15) is 0 Å². The quantitative estimate of drug-likeness (QED) is 0.340. The molecule has 0 saturated carbocycles. The highest BCUT2D eigenvalue weighted by Crippen LogP contribution is 2.17. The highest BCUT2D eigenvalue weighted by atomic mass is 79.9. The summed E-state index contributed by atoms with van der Waals surface area (Å²) in [7, 11) is 0. The molecule has 0 amide bonds. The first-order chi connectivity index (χ1) is 7.20. The van der Waals surface area contributed by atoms with Gasteiger partial charge >= 0.3 is 0 Å². The zero-order valence-electron chi connectivity index (χ0n) is 8.47. The van der Waals surface area contributed by atoms with E-state index in [1.165, 1.54) is 0 Å². The van der Waals surface area contributed by atoms with Crippen molar-refractivity contribution in [1.82, 2.24) is 0 Å². The summed E-state index contributed by atoms with van der Waals surface area (Å²) in [4.78, 5) is 2.83. The second-order valence-electron chi connectivity index (χ2n) is 3.42. The normalized spacial score (nSPS) is 14.5. The van der Waals surface area contributed by atoms with E-state index in [0.29, 0.717) is 5.33 Å². The molecular weight excluding hydrogens is 254 g/mol. The van der Waals surface area contributed by atoms with Gasteiger partial charge in [-0.15, -0.1) is 0 Å². The monoisotopic (exact) mass is 265 g/mol. The van der Waals surface area contributed by atoms with Crippen LogP contribution in [0.2, 0.25) is 0 Å². The lowest BCUT2D eigenvalue weighted by molar-refractivity contribution is 0.668. The number of nitrogens with zero attached hydrogens (tertiary/aromatic N) is 3. The zero-order valence-corrected chi connectivity index (χ0v) is 10.1. The van der Waals surface area contributed by atoms with Crippen molar-refractivity contribution in [3.05, 3.63) is 52.4 Å². The van der Waals surface area contributed by atoms with Gasteiger partial charge in [-0.2, -0.15) is 0 Å². The first-order valence-corrected chi connectivity index (χ1v) is 5.69. The van der Waals surface area contributed by atoms with Crippen LogP contribution >= 0.6 is 15.9 Å². The molecule has 0 aliphatic rings. The van der Waals surface area contributed by atoms with E-state index in [1.807, 2.05) is 49.4 Å². The fourth-order valence-electron chi connectivity index (χ4n) is 1.05. The van der Waals surface area contributed by atoms with E-state index in [1.54, 1.807) is 0 Å². The third kappa shape index (κ3) is 3.78. The van der Waals surface area contributed by atoms with Gasteiger partial charge in [0.05, 0.1) is 5.54 Å². The maximum absolute atomic E-state index is 8.43. The Hall–Kier alpha value is -1.25. The van der Waals surface area contributed by atoms with Crippen LogP contribution < -0.4 is 0 Å². The van der Waals surface area contributed by atoms with Gasteiger partial charge in [-0.1, -0.05) is 63.5 Å². The summed E-state index contributed by atoms with van der Waals surface area (Å²) >= 11 is 3.33. The van der Waals surface area contributed by atoms with Crippen LogP contribution in [-0.4, -0.2) is 10.9 Å². The fourth-order valence-corrected chi connectivity index (χ4v) is 1.35. The van der Waals surface area contributed by atoms with Gasteiger partial charge in [-0.05, 0) is 18.0 Å². The van der Waals surface area contributed by atoms with Crippen molar-refractivity contribution in [3.8, 4) is 0 Å². The van der Waals surface area contributed by atoms with Crippen LogP contribution in [0.3, 0.4) is 0 Å². The molecule has 1 aromatic rings. The summed E-state index contributed by atoms with van der Waals surface area (Å²) in [5.74, 6) is 0. The van der Waals surface area contributed by atoms with Crippen molar-refractivity contribution < 1.29 is 0 Å². The van der Waals surface area contributed by atoms with Gasteiger partial charge in [0, 0.05) is 10.2 Å². The van der Waals surface area contributed by atoms with E-state index in [9.17, 15) is 0 Å². The molecule has 4 heteroatoms. The third-order valence-electron chi connectivity index (χ3n) is 1.98. The number of azide groups is 1. The predicted octanol–water partition coefficient (Wildman–Crippen LogP) is 4.16. The van der Waals surface area contributed by atoms with Gasteiger partial charge in [0.15, 0.2) is 0 Å². The SMILES string of the molecule is CC(/C=C/c1ccccc1)(CBr)N=[N+]=[N-]. The van der Waals surface area contributed by atoms with Gasteiger partial charge in [0.2, 0.25) is 0 Å². The highest BCUT2D eigenvalue weighted by Gasteiger charge is 2.16. The van der Waals surface area contributed by atoms with Crippen LogP contribution in [0.25, 0.3) is 16.5 Å². The number of rotatable bonds is 4. The first-order valence-electron chi connectivity index (χ1n) is 4.57. The summed E-state index contributed by atoms with van der Waals surface area (Å²) in [6.07, 6.45) is 3.85. The van der Waals surface area contributed by atoms with E-state index >= 15 is 0 Å². The standard InChI is InChI=1S/C11H12BrN3/c1-11(9-12,14-15-13)8-7-10-5-3-2-4-6-10/h2-8H,9H2,1H3/b8-7+. The van der Waals surface area contributed by atoms with Crippen LogP contribution in [0.4, 0.5) is 0 Å². The Balaban J connectivity index is 2.84. The second-order valence-corrected chi connectivity index (χ2v) is 3.98. The minimum Gasteiger partial charge on any atom is -0.0917 e. The second kappa shape index (κ2) is 5.59. The predicted molar refractivity (Wildman–Crippen MR) is 66.8 cm³/mol. The van der Waals surface area contributed by atoms with Crippen molar-refractivity contribution in [2.45, 2.75) is 12.5 Å². The lowest BCUT2D eigenvalue weighted by Crippen LogP contribution is -2.19. The average molecular weight is 266 g/mol. The van der Waals surface area contributed by atoms with Crippen molar-refractivity contribution in [1.29, 1.82) is 0 Å².